The molecular formula is C29H35N3O3. The Hall–Kier alpha value is -3.80. The van der Waals surface area contributed by atoms with Crippen LogP contribution in [0.3, 0.4) is 0 Å². The molecule has 6 nitrogen and oxygen atoms in total. The number of unbranched alkanes of at least 4 members (excludes halogenated alkanes) is 4. The fourth-order valence-electron chi connectivity index (χ4n) is 3.54. The van der Waals surface area contributed by atoms with E-state index in [0.29, 0.717) is 18.7 Å². The lowest BCUT2D eigenvalue weighted by atomic mass is 10.1. The van der Waals surface area contributed by atoms with E-state index < -0.39 is 0 Å². The van der Waals surface area contributed by atoms with Gasteiger partial charge in [-0.25, -0.2) is 0 Å². The van der Waals surface area contributed by atoms with Crippen molar-refractivity contribution in [2.24, 2.45) is 0 Å². The van der Waals surface area contributed by atoms with Gasteiger partial charge in [-0.05, 0) is 60.5 Å². The number of amides is 2. The highest BCUT2D eigenvalue weighted by Crippen LogP contribution is 2.16. The lowest BCUT2D eigenvalue weighted by Crippen LogP contribution is -2.23. The maximum Gasteiger partial charge on any atom is 0.251 e. The third-order valence-corrected chi connectivity index (χ3v) is 5.55. The molecule has 0 heterocycles. The van der Waals surface area contributed by atoms with Gasteiger partial charge in [0, 0.05) is 23.5 Å². The second-order valence-electron chi connectivity index (χ2n) is 8.43. The van der Waals surface area contributed by atoms with Gasteiger partial charge in [0.2, 0.25) is 5.91 Å². The first-order valence-corrected chi connectivity index (χ1v) is 12.3. The normalized spacial score (nSPS) is 10.4. The first-order chi connectivity index (χ1) is 17.1. The first-order valence-electron chi connectivity index (χ1n) is 12.3. The molecule has 0 aliphatic heterocycles. The van der Waals surface area contributed by atoms with Gasteiger partial charge in [0.15, 0.2) is 0 Å². The zero-order valence-electron chi connectivity index (χ0n) is 20.4. The summed E-state index contributed by atoms with van der Waals surface area (Å²) in [5.41, 5.74) is 3.10. The molecule has 0 atom stereocenters. The first kappa shape index (κ1) is 25.8. The number of nitrogens with one attached hydrogen (secondary N) is 3. The van der Waals surface area contributed by atoms with Crippen LogP contribution in [0, 0.1) is 0 Å². The minimum atomic E-state index is -0.153. The fourth-order valence-corrected chi connectivity index (χ4v) is 3.54. The van der Waals surface area contributed by atoms with E-state index in [2.05, 4.69) is 22.9 Å². The Balaban J connectivity index is 1.35. The molecule has 0 radical (unpaired) electrons. The zero-order valence-corrected chi connectivity index (χ0v) is 20.4. The molecule has 6 heteroatoms. The average molecular weight is 474 g/mol. The van der Waals surface area contributed by atoms with Crippen LogP contribution in [-0.4, -0.2) is 25.0 Å². The number of hydrogen-bond acceptors (Lipinski definition) is 4. The van der Waals surface area contributed by atoms with Crippen LogP contribution < -0.4 is 20.7 Å². The van der Waals surface area contributed by atoms with Crippen LogP contribution in [-0.2, 0) is 11.3 Å². The van der Waals surface area contributed by atoms with Gasteiger partial charge in [0.25, 0.3) is 5.91 Å². The van der Waals surface area contributed by atoms with E-state index in [1.54, 1.807) is 24.3 Å². The second-order valence-corrected chi connectivity index (χ2v) is 8.43. The van der Waals surface area contributed by atoms with E-state index in [1.807, 2.05) is 54.6 Å². The molecule has 0 unspecified atom stereocenters. The Kier molecular flexibility index (Phi) is 10.7. The quantitative estimate of drug-likeness (QED) is 0.250. The highest BCUT2D eigenvalue weighted by molar-refractivity contribution is 5.95. The molecule has 0 aliphatic carbocycles. The lowest BCUT2D eigenvalue weighted by Gasteiger charge is -2.10. The average Bonchev–Trinajstić information content (AvgIpc) is 2.90. The Morgan fingerprint density at radius 2 is 1.46 bits per heavy atom. The summed E-state index contributed by atoms with van der Waals surface area (Å²) >= 11 is 0. The molecular weight excluding hydrogens is 438 g/mol. The summed E-state index contributed by atoms with van der Waals surface area (Å²) < 4.78 is 5.76. The largest absolute Gasteiger partial charge is 0.494 e. The predicted molar refractivity (Wildman–Crippen MR) is 142 cm³/mol. The molecule has 0 fully saturated rings. The van der Waals surface area contributed by atoms with Crippen molar-refractivity contribution in [1.29, 1.82) is 0 Å². The second kappa shape index (κ2) is 14.5. The number of ether oxygens (including phenoxy) is 1. The Morgan fingerprint density at radius 3 is 2.17 bits per heavy atom. The number of anilines is 2. The summed E-state index contributed by atoms with van der Waals surface area (Å²) in [4.78, 5) is 24.6. The van der Waals surface area contributed by atoms with E-state index in [9.17, 15) is 9.59 Å². The molecule has 3 aromatic rings. The molecule has 0 aromatic heterocycles. The minimum Gasteiger partial charge on any atom is -0.494 e. The third kappa shape index (κ3) is 9.53. The highest BCUT2D eigenvalue weighted by Gasteiger charge is 2.07. The number of hydrogen-bond donors (Lipinski definition) is 3. The molecule has 0 saturated heterocycles. The smallest absolute Gasteiger partial charge is 0.251 e. The van der Waals surface area contributed by atoms with Crippen LogP contribution in [0.2, 0.25) is 0 Å². The summed E-state index contributed by atoms with van der Waals surface area (Å²) in [6.07, 6.45) is 6.03. The van der Waals surface area contributed by atoms with E-state index in [-0.39, 0.29) is 18.4 Å². The van der Waals surface area contributed by atoms with E-state index in [0.717, 1.165) is 29.1 Å². The minimum absolute atomic E-state index is 0.121. The van der Waals surface area contributed by atoms with Crippen LogP contribution in [0.5, 0.6) is 5.75 Å². The molecule has 0 bridgehead atoms. The third-order valence-electron chi connectivity index (χ3n) is 5.55. The van der Waals surface area contributed by atoms with Gasteiger partial charge < -0.3 is 20.7 Å². The lowest BCUT2D eigenvalue weighted by molar-refractivity contribution is -0.114. The number of carbonyl (C=O) groups is 2. The van der Waals surface area contributed by atoms with Crippen LogP contribution in [0.15, 0.2) is 78.9 Å². The summed E-state index contributed by atoms with van der Waals surface area (Å²) in [5, 5.41) is 8.86. The standard InChI is InChI=1S/C29H35N3O3/c1-2-3-4-5-9-20-35-27-18-16-26(17-19-27)32-28(33)22-30-25-14-12-24(13-15-25)29(34)31-21-23-10-7-6-8-11-23/h6-8,10-19,30H,2-5,9,20-22H2,1H3,(H,31,34)(H,32,33). The van der Waals surface area contributed by atoms with Crippen LogP contribution >= 0.6 is 0 Å². The SMILES string of the molecule is CCCCCCCOc1ccc(NC(=O)CNc2ccc(C(=O)NCc3ccccc3)cc2)cc1. The van der Waals surface area contributed by atoms with Gasteiger partial charge in [-0.15, -0.1) is 0 Å². The summed E-state index contributed by atoms with van der Waals surface area (Å²) in [5.74, 6) is 0.519. The summed E-state index contributed by atoms with van der Waals surface area (Å²) in [6, 6.07) is 24.3. The predicted octanol–water partition coefficient (Wildman–Crippen LogP) is 6.02. The van der Waals surface area contributed by atoms with E-state index >= 15 is 0 Å². The van der Waals surface area contributed by atoms with Crippen molar-refractivity contribution < 1.29 is 14.3 Å². The molecule has 35 heavy (non-hydrogen) atoms. The van der Waals surface area contributed by atoms with Crippen molar-refractivity contribution in [3.63, 3.8) is 0 Å². The number of benzene rings is 3. The molecule has 0 spiro atoms. The van der Waals surface area contributed by atoms with E-state index in [4.69, 9.17) is 4.74 Å². The summed E-state index contributed by atoms with van der Waals surface area (Å²) in [7, 11) is 0. The molecule has 3 aromatic carbocycles. The van der Waals surface area contributed by atoms with Crippen molar-refractivity contribution in [2.75, 3.05) is 23.8 Å². The van der Waals surface area contributed by atoms with Gasteiger partial charge in [-0.3, -0.25) is 9.59 Å². The monoisotopic (exact) mass is 473 g/mol. The molecule has 0 aliphatic rings. The highest BCUT2D eigenvalue weighted by atomic mass is 16.5. The van der Waals surface area contributed by atoms with E-state index in [1.165, 1.54) is 25.7 Å². The van der Waals surface area contributed by atoms with Gasteiger partial charge in [0.1, 0.15) is 5.75 Å². The molecule has 3 N–H and O–H groups in total. The molecule has 184 valence electrons. The van der Waals surface area contributed by atoms with Gasteiger partial charge in [-0.1, -0.05) is 62.9 Å². The van der Waals surface area contributed by atoms with Crippen molar-refractivity contribution in [2.45, 2.75) is 45.6 Å². The fraction of sp³-hybridized carbons (Fsp3) is 0.310. The molecule has 0 saturated carbocycles. The topological polar surface area (TPSA) is 79.5 Å². The maximum absolute atomic E-state index is 12.3. The molecule has 3 rings (SSSR count). The van der Waals surface area contributed by atoms with Crippen LogP contribution in [0.25, 0.3) is 0 Å². The van der Waals surface area contributed by atoms with Crippen molar-refractivity contribution in [3.8, 4) is 5.75 Å². The maximum atomic E-state index is 12.3. The Bertz CT molecular complexity index is 1040. The number of rotatable bonds is 14. The van der Waals surface area contributed by atoms with Crippen LogP contribution in [0.1, 0.15) is 54.9 Å². The van der Waals surface area contributed by atoms with Gasteiger partial charge in [0.05, 0.1) is 13.2 Å². The Morgan fingerprint density at radius 1 is 0.771 bits per heavy atom. The summed E-state index contributed by atoms with van der Waals surface area (Å²) in [6.45, 7) is 3.52. The van der Waals surface area contributed by atoms with Crippen molar-refractivity contribution in [3.05, 3.63) is 90.0 Å². The Labute approximate surface area is 208 Å². The van der Waals surface area contributed by atoms with Crippen LogP contribution in [0.4, 0.5) is 11.4 Å². The van der Waals surface area contributed by atoms with Gasteiger partial charge in [-0.2, -0.15) is 0 Å². The zero-order chi connectivity index (χ0) is 24.7. The van der Waals surface area contributed by atoms with Crippen molar-refractivity contribution in [1.82, 2.24) is 5.32 Å². The molecule has 2 amide bonds. The number of carbonyl (C=O) groups excluding carboxylic acids is 2. The van der Waals surface area contributed by atoms with Crippen molar-refractivity contribution >= 4 is 23.2 Å². The van der Waals surface area contributed by atoms with Gasteiger partial charge >= 0.3 is 0 Å².